The van der Waals surface area contributed by atoms with E-state index in [0.29, 0.717) is 23.7 Å². The Bertz CT molecular complexity index is 870. The molecule has 1 amide bonds. The topological polar surface area (TPSA) is 58.9 Å². The van der Waals surface area contributed by atoms with Crippen molar-refractivity contribution in [3.8, 4) is 5.75 Å². The van der Waals surface area contributed by atoms with E-state index in [2.05, 4.69) is 10.3 Å². The van der Waals surface area contributed by atoms with Crippen LogP contribution >= 0.6 is 0 Å². The minimum absolute atomic E-state index is 0.250. The van der Waals surface area contributed by atoms with Crippen LogP contribution in [0.15, 0.2) is 48.7 Å². The first-order chi connectivity index (χ1) is 11.6. The highest BCUT2D eigenvalue weighted by atomic mass is 16.5. The van der Waals surface area contributed by atoms with Crippen LogP contribution in [0.5, 0.6) is 5.75 Å². The summed E-state index contributed by atoms with van der Waals surface area (Å²) < 4.78 is 7.23. The molecule has 0 bridgehead atoms. The zero-order chi connectivity index (χ0) is 17.1. The maximum absolute atomic E-state index is 12.8. The van der Waals surface area contributed by atoms with Crippen LogP contribution in [0.25, 0.3) is 5.65 Å². The first-order valence-electron chi connectivity index (χ1n) is 7.65. The Morgan fingerprint density at radius 3 is 2.71 bits per heavy atom. The van der Waals surface area contributed by atoms with E-state index >= 15 is 0 Å². The van der Waals surface area contributed by atoms with Crippen molar-refractivity contribution in [2.45, 2.75) is 6.54 Å². The molecule has 3 aromatic rings. The molecule has 0 saturated heterocycles. The quantitative estimate of drug-likeness (QED) is 0.784. The van der Waals surface area contributed by atoms with Crippen LogP contribution in [0.1, 0.15) is 16.2 Å². The third-order valence-corrected chi connectivity index (χ3v) is 3.67. The van der Waals surface area contributed by atoms with Gasteiger partial charge in [-0.15, -0.1) is 0 Å². The van der Waals surface area contributed by atoms with Crippen molar-refractivity contribution in [2.24, 2.45) is 0 Å². The first-order valence-corrected chi connectivity index (χ1v) is 7.65. The number of nitrogens with zero attached hydrogens (tertiary/aromatic N) is 3. The Hall–Kier alpha value is -2.86. The van der Waals surface area contributed by atoms with Crippen LogP contribution in [0.2, 0.25) is 0 Å². The van der Waals surface area contributed by atoms with Crippen molar-refractivity contribution >= 4 is 17.2 Å². The number of carbonyl (C=O) groups is 1. The molecule has 1 aromatic carbocycles. The number of benzene rings is 1. The van der Waals surface area contributed by atoms with E-state index in [1.165, 1.54) is 0 Å². The molecule has 0 unspecified atom stereocenters. The molecule has 6 nitrogen and oxygen atoms in total. The Kier molecular flexibility index (Phi) is 4.48. The second kappa shape index (κ2) is 6.72. The van der Waals surface area contributed by atoms with Crippen LogP contribution in [0, 0.1) is 0 Å². The fraction of sp³-hybridized carbons (Fsp3) is 0.222. The molecule has 2 heterocycles. The number of imidazole rings is 1. The number of ether oxygens (including phenoxy) is 1. The van der Waals surface area contributed by atoms with E-state index in [9.17, 15) is 4.79 Å². The minimum atomic E-state index is -0.250. The predicted molar refractivity (Wildman–Crippen MR) is 93.5 cm³/mol. The molecule has 0 aliphatic carbocycles. The van der Waals surface area contributed by atoms with Gasteiger partial charge in [0.15, 0.2) is 5.69 Å². The normalized spacial score (nSPS) is 11.0. The largest absolute Gasteiger partial charge is 0.495 e. The van der Waals surface area contributed by atoms with Gasteiger partial charge in [-0.2, -0.15) is 0 Å². The third kappa shape index (κ3) is 3.09. The number of pyridine rings is 1. The molecule has 0 aliphatic heterocycles. The molecule has 24 heavy (non-hydrogen) atoms. The fourth-order valence-electron chi connectivity index (χ4n) is 2.61. The van der Waals surface area contributed by atoms with E-state index in [0.717, 1.165) is 11.3 Å². The predicted octanol–water partition coefficient (Wildman–Crippen LogP) is 2.66. The lowest BCUT2D eigenvalue weighted by atomic mass is 10.2. The second-order valence-corrected chi connectivity index (χ2v) is 5.73. The molecule has 124 valence electrons. The van der Waals surface area contributed by atoms with Gasteiger partial charge in [0.2, 0.25) is 0 Å². The second-order valence-electron chi connectivity index (χ2n) is 5.73. The first kappa shape index (κ1) is 16.0. The van der Waals surface area contributed by atoms with Crippen molar-refractivity contribution in [3.05, 3.63) is 60.0 Å². The molecule has 6 heteroatoms. The monoisotopic (exact) mass is 324 g/mol. The molecular formula is C18H20N4O2. The number of rotatable bonds is 5. The molecule has 0 atom stereocenters. The molecule has 0 spiro atoms. The summed E-state index contributed by atoms with van der Waals surface area (Å²) in [7, 11) is 5.50. The molecule has 0 radical (unpaired) electrons. The van der Waals surface area contributed by atoms with Gasteiger partial charge in [0.05, 0.1) is 18.5 Å². The van der Waals surface area contributed by atoms with Gasteiger partial charge < -0.3 is 19.4 Å². The van der Waals surface area contributed by atoms with Gasteiger partial charge in [-0.3, -0.25) is 4.79 Å². The van der Waals surface area contributed by atoms with Crippen molar-refractivity contribution in [1.29, 1.82) is 0 Å². The van der Waals surface area contributed by atoms with Crippen molar-refractivity contribution in [2.75, 3.05) is 26.5 Å². The average molecular weight is 324 g/mol. The summed E-state index contributed by atoms with van der Waals surface area (Å²) in [6.45, 7) is 0.611. The van der Waals surface area contributed by atoms with Crippen LogP contribution in [-0.4, -0.2) is 41.4 Å². The van der Waals surface area contributed by atoms with Gasteiger partial charge in [-0.25, -0.2) is 4.98 Å². The number of carbonyl (C=O) groups excluding carboxylic acids is 1. The zero-order valence-electron chi connectivity index (χ0n) is 14.0. The minimum Gasteiger partial charge on any atom is -0.495 e. The number of fused-ring (bicyclic) bond motifs is 1. The summed E-state index contributed by atoms with van der Waals surface area (Å²) in [5.74, 6) is 0.365. The lowest BCUT2D eigenvalue weighted by Crippen LogP contribution is -2.19. The molecule has 0 saturated carbocycles. The van der Waals surface area contributed by atoms with Gasteiger partial charge in [0, 0.05) is 12.7 Å². The van der Waals surface area contributed by atoms with Crippen molar-refractivity contribution in [3.63, 3.8) is 0 Å². The number of hydrogen-bond donors (Lipinski definition) is 1. The van der Waals surface area contributed by atoms with Crippen LogP contribution in [-0.2, 0) is 6.54 Å². The van der Waals surface area contributed by atoms with Crippen LogP contribution in [0.3, 0.4) is 0 Å². The lowest BCUT2D eigenvalue weighted by molar-refractivity contribution is 0.102. The molecule has 2 aromatic heterocycles. The summed E-state index contributed by atoms with van der Waals surface area (Å²) >= 11 is 0. The fourth-order valence-corrected chi connectivity index (χ4v) is 2.61. The van der Waals surface area contributed by atoms with Gasteiger partial charge in [-0.1, -0.05) is 18.2 Å². The van der Waals surface area contributed by atoms with E-state index in [1.54, 1.807) is 19.2 Å². The van der Waals surface area contributed by atoms with Gasteiger partial charge in [-0.05, 0) is 38.4 Å². The highest BCUT2D eigenvalue weighted by Gasteiger charge is 2.20. The Labute approximate surface area is 140 Å². The van der Waals surface area contributed by atoms with E-state index in [4.69, 9.17) is 4.74 Å². The number of methoxy groups -OCH3 is 1. The lowest BCUT2D eigenvalue weighted by Gasteiger charge is -2.12. The smallest absolute Gasteiger partial charge is 0.276 e. The third-order valence-electron chi connectivity index (χ3n) is 3.67. The van der Waals surface area contributed by atoms with Crippen molar-refractivity contribution < 1.29 is 9.53 Å². The Morgan fingerprint density at radius 2 is 1.96 bits per heavy atom. The standard InChI is InChI=1S/C18H20N4O2/c1-21(2)12-14-17(20-16-10-6-7-11-22(14)16)18(23)19-13-8-4-5-9-15(13)24-3/h4-11H,12H2,1-3H3,(H,19,23). The number of anilines is 1. The Balaban J connectivity index is 2.00. The molecule has 0 fully saturated rings. The number of nitrogens with one attached hydrogen (secondary N) is 1. The van der Waals surface area contributed by atoms with E-state index < -0.39 is 0 Å². The number of amides is 1. The molecular weight excluding hydrogens is 304 g/mol. The number of hydrogen-bond acceptors (Lipinski definition) is 4. The summed E-state index contributed by atoms with van der Waals surface area (Å²) in [5, 5.41) is 2.89. The Morgan fingerprint density at radius 1 is 1.21 bits per heavy atom. The van der Waals surface area contributed by atoms with Gasteiger partial charge in [0.1, 0.15) is 11.4 Å². The zero-order valence-corrected chi connectivity index (χ0v) is 14.0. The summed E-state index contributed by atoms with van der Waals surface area (Å²) in [5.41, 5.74) is 2.64. The summed E-state index contributed by atoms with van der Waals surface area (Å²) in [6, 6.07) is 13.0. The molecule has 1 N–H and O–H groups in total. The highest BCUT2D eigenvalue weighted by molar-refractivity contribution is 6.05. The maximum atomic E-state index is 12.8. The average Bonchev–Trinajstić information content (AvgIpc) is 2.93. The molecule has 0 aliphatic rings. The number of para-hydroxylation sites is 2. The SMILES string of the molecule is COc1ccccc1NC(=O)c1nc2ccccn2c1CN(C)C. The molecule has 3 rings (SSSR count). The summed E-state index contributed by atoms with van der Waals surface area (Å²) in [6.07, 6.45) is 1.92. The summed E-state index contributed by atoms with van der Waals surface area (Å²) in [4.78, 5) is 19.3. The number of aromatic nitrogens is 2. The van der Waals surface area contributed by atoms with Crippen LogP contribution in [0.4, 0.5) is 5.69 Å². The van der Waals surface area contributed by atoms with E-state index in [-0.39, 0.29) is 5.91 Å². The van der Waals surface area contributed by atoms with Gasteiger partial charge >= 0.3 is 0 Å². The van der Waals surface area contributed by atoms with Gasteiger partial charge in [0.25, 0.3) is 5.91 Å². The maximum Gasteiger partial charge on any atom is 0.276 e. The van der Waals surface area contributed by atoms with Crippen LogP contribution < -0.4 is 10.1 Å². The van der Waals surface area contributed by atoms with Crippen molar-refractivity contribution in [1.82, 2.24) is 14.3 Å². The van der Waals surface area contributed by atoms with E-state index in [1.807, 2.05) is 59.9 Å². The highest BCUT2D eigenvalue weighted by Crippen LogP contribution is 2.24.